The maximum Gasteiger partial charge on any atom is 0.0245 e. The van der Waals surface area contributed by atoms with E-state index in [0.717, 1.165) is 17.9 Å². The van der Waals surface area contributed by atoms with Crippen LogP contribution in [0, 0.1) is 11.8 Å². The standard InChI is InChI=1S/C8H18N2/c1-6-5-8(7(6)2)9-10(3)4/h6-9H,5H2,1-4H3. The van der Waals surface area contributed by atoms with Crippen molar-refractivity contribution in [1.29, 1.82) is 0 Å². The molecule has 0 saturated heterocycles. The molecule has 1 aliphatic rings. The number of hydrogen-bond acceptors (Lipinski definition) is 2. The molecule has 0 radical (unpaired) electrons. The van der Waals surface area contributed by atoms with Crippen molar-refractivity contribution in [3.05, 3.63) is 0 Å². The summed E-state index contributed by atoms with van der Waals surface area (Å²) < 4.78 is 0. The van der Waals surface area contributed by atoms with Crippen molar-refractivity contribution in [2.75, 3.05) is 14.1 Å². The monoisotopic (exact) mass is 142 g/mol. The average molecular weight is 142 g/mol. The lowest BCUT2D eigenvalue weighted by Crippen LogP contribution is -2.52. The molecule has 1 fully saturated rings. The van der Waals surface area contributed by atoms with Gasteiger partial charge in [-0.2, -0.15) is 0 Å². The van der Waals surface area contributed by atoms with Gasteiger partial charge in [-0.1, -0.05) is 13.8 Å². The number of nitrogens with zero attached hydrogens (tertiary/aromatic N) is 1. The molecule has 0 aliphatic heterocycles. The van der Waals surface area contributed by atoms with E-state index in [1.165, 1.54) is 6.42 Å². The van der Waals surface area contributed by atoms with Crippen molar-refractivity contribution in [3.63, 3.8) is 0 Å². The summed E-state index contributed by atoms with van der Waals surface area (Å²) in [6.45, 7) is 4.63. The fourth-order valence-corrected chi connectivity index (χ4v) is 1.53. The third-order valence-electron chi connectivity index (χ3n) is 2.58. The predicted molar refractivity (Wildman–Crippen MR) is 43.6 cm³/mol. The van der Waals surface area contributed by atoms with Gasteiger partial charge in [0.25, 0.3) is 0 Å². The molecule has 1 rings (SSSR count). The zero-order valence-corrected chi connectivity index (χ0v) is 7.39. The first kappa shape index (κ1) is 8.02. The number of rotatable bonds is 2. The summed E-state index contributed by atoms with van der Waals surface area (Å²) in [4.78, 5) is 0. The van der Waals surface area contributed by atoms with Crippen LogP contribution in [0.5, 0.6) is 0 Å². The van der Waals surface area contributed by atoms with Crippen LogP contribution in [0.2, 0.25) is 0 Å². The largest absolute Gasteiger partial charge is 0.252 e. The van der Waals surface area contributed by atoms with Gasteiger partial charge in [0.05, 0.1) is 0 Å². The summed E-state index contributed by atoms with van der Waals surface area (Å²) in [6.07, 6.45) is 1.33. The van der Waals surface area contributed by atoms with Crippen LogP contribution < -0.4 is 5.43 Å². The Morgan fingerprint density at radius 2 is 1.90 bits per heavy atom. The summed E-state index contributed by atoms with van der Waals surface area (Å²) in [5.74, 6) is 1.76. The third kappa shape index (κ3) is 1.50. The zero-order valence-electron chi connectivity index (χ0n) is 7.39. The van der Waals surface area contributed by atoms with Gasteiger partial charge < -0.3 is 0 Å². The minimum absolute atomic E-state index is 0.727. The highest BCUT2D eigenvalue weighted by Gasteiger charge is 2.34. The topological polar surface area (TPSA) is 15.3 Å². The smallest absolute Gasteiger partial charge is 0.0245 e. The van der Waals surface area contributed by atoms with E-state index in [2.05, 4.69) is 33.4 Å². The number of hydrazine groups is 1. The first-order valence-electron chi connectivity index (χ1n) is 4.04. The Hall–Kier alpha value is -0.0800. The highest BCUT2D eigenvalue weighted by atomic mass is 15.5. The van der Waals surface area contributed by atoms with Crippen molar-refractivity contribution in [3.8, 4) is 0 Å². The Bertz CT molecular complexity index is 112. The molecule has 3 unspecified atom stereocenters. The summed E-state index contributed by atoms with van der Waals surface area (Å²) in [7, 11) is 4.10. The maximum absolute atomic E-state index is 3.39. The Morgan fingerprint density at radius 1 is 1.30 bits per heavy atom. The van der Waals surface area contributed by atoms with Crippen molar-refractivity contribution in [2.24, 2.45) is 11.8 Å². The molecule has 1 aliphatic carbocycles. The summed E-state index contributed by atoms with van der Waals surface area (Å²) in [6, 6.07) is 0.727. The normalized spacial score (nSPS) is 39.9. The molecule has 3 atom stereocenters. The molecule has 0 bridgehead atoms. The number of hydrogen-bond donors (Lipinski definition) is 1. The molecule has 0 spiro atoms. The van der Waals surface area contributed by atoms with Crippen LogP contribution in [0.25, 0.3) is 0 Å². The molecular formula is C8H18N2. The fraction of sp³-hybridized carbons (Fsp3) is 1.00. The van der Waals surface area contributed by atoms with E-state index in [1.54, 1.807) is 0 Å². The highest BCUT2D eigenvalue weighted by molar-refractivity contribution is 4.87. The summed E-state index contributed by atoms with van der Waals surface area (Å²) in [5, 5.41) is 2.05. The molecule has 60 valence electrons. The Morgan fingerprint density at radius 3 is 2.20 bits per heavy atom. The van der Waals surface area contributed by atoms with Crippen molar-refractivity contribution in [2.45, 2.75) is 26.3 Å². The SMILES string of the molecule is CC1CC(NN(C)C)C1C. The molecule has 0 aromatic heterocycles. The van der Waals surface area contributed by atoms with Crippen molar-refractivity contribution >= 4 is 0 Å². The molecule has 2 heteroatoms. The maximum atomic E-state index is 3.39. The Labute approximate surface area is 63.6 Å². The van der Waals surface area contributed by atoms with Gasteiger partial charge in [0.2, 0.25) is 0 Å². The highest BCUT2D eigenvalue weighted by Crippen LogP contribution is 2.33. The van der Waals surface area contributed by atoms with E-state index >= 15 is 0 Å². The fourth-order valence-electron chi connectivity index (χ4n) is 1.53. The quantitative estimate of drug-likeness (QED) is 0.581. The average Bonchev–Trinajstić information content (AvgIpc) is 1.86. The van der Waals surface area contributed by atoms with Gasteiger partial charge >= 0.3 is 0 Å². The molecule has 1 N–H and O–H groups in total. The van der Waals surface area contributed by atoms with E-state index in [4.69, 9.17) is 0 Å². The molecule has 10 heavy (non-hydrogen) atoms. The van der Waals surface area contributed by atoms with Crippen molar-refractivity contribution < 1.29 is 0 Å². The van der Waals surface area contributed by atoms with Crippen molar-refractivity contribution in [1.82, 2.24) is 10.4 Å². The van der Waals surface area contributed by atoms with Gasteiger partial charge in [-0.05, 0) is 18.3 Å². The molecule has 1 saturated carbocycles. The van der Waals surface area contributed by atoms with Crippen LogP contribution in [-0.2, 0) is 0 Å². The van der Waals surface area contributed by atoms with E-state index in [9.17, 15) is 0 Å². The van der Waals surface area contributed by atoms with Gasteiger partial charge in [0, 0.05) is 20.1 Å². The Balaban J connectivity index is 2.20. The minimum Gasteiger partial charge on any atom is -0.252 e. The van der Waals surface area contributed by atoms with Crippen LogP contribution >= 0.6 is 0 Å². The van der Waals surface area contributed by atoms with E-state index in [-0.39, 0.29) is 0 Å². The van der Waals surface area contributed by atoms with Crippen LogP contribution in [0.15, 0.2) is 0 Å². The summed E-state index contributed by atoms with van der Waals surface area (Å²) in [5.41, 5.74) is 3.39. The predicted octanol–water partition coefficient (Wildman–Crippen LogP) is 1.10. The van der Waals surface area contributed by atoms with Crippen LogP contribution in [0.1, 0.15) is 20.3 Å². The molecule has 0 aromatic rings. The lowest BCUT2D eigenvalue weighted by molar-refractivity contribution is 0.0752. The van der Waals surface area contributed by atoms with E-state index < -0.39 is 0 Å². The van der Waals surface area contributed by atoms with E-state index in [1.807, 2.05) is 5.01 Å². The second-order valence-electron chi connectivity index (χ2n) is 3.70. The van der Waals surface area contributed by atoms with Gasteiger partial charge in [-0.3, -0.25) is 10.4 Å². The molecule has 0 heterocycles. The van der Waals surface area contributed by atoms with Crippen LogP contribution in [-0.4, -0.2) is 25.1 Å². The first-order valence-corrected chi connectivity index (χ1v) is 4.04. The van der Waals surface area contributed by atoms with Gasteiger partial charge in [0.1, 0.15) is 0 Å². The molecular weight excluding hydrogens is 124 g/mol. The van der Waals surface area contributed by atoms with E-state index in [0.29, 0.717) is 0 Å². The number of nitrogens with one attached hydrogen (secondary N) is 1. The van der Waals surface area contributed by atoms with Gasteiger partial charge in [-0.25, -0.2) is 0 Å². The third-order valence-corrected chi connectivity index (χ3v) is 2.58. The Kier molecular flexibility index (Phi) is 2.32. The van der Waals surface area contributed by atoms with Gasteiger partial charge in [-0.15, -0.1) is 0 Å². The van der Waals surface area contributed by atoms with Crippen LogP contribution in [0.4, 0.5) is 0 Å². The molecule has 0 aromatic carbocycles. The lowest BCUT2D eigenvalue weighted by Gasteiger charge is -2.42. The minimum atomic E-state index is 0.727. The molecule has 2 nitrogen and oxygen atoms in total. The molecule has 0 amide bonds. The lowest BCUT2D eigenvalue weighted by atomic mass is 9.72. The van der Waals surface area contributed by atoms with Crippen LogP contribution in [0.3, 0.4) is 0 Å². The summed E-state index contributed by atoms with van der Waals surface area (Å²) >= 11 is 0. The zero-order chi connectivity index (χ0) is 7.72. The van der Waals surface area contributed by atoms with Gasteiger partial charge in [0.15, 0.2) is 0 Å². The first-order chi connectivity index (χ1) is 4.61. The second kappa shape index (κ2) is 2.89. The second-order valence-corrected chi connectivity index (χ2v) is 3.70.